The van der Waals surface area contributed by atoms with Gasteiger partial charge in [-0.3, -0.25) is 0 Å². The van der Waals surface area contributed by atoms with Gasteiger partial charge in [-0.2, -0.15) is 0 Å². The standard InChI is InChI=1S/C23H25ClN2O3/c1-3-4-9-22-25-14-19(26(22)15-17-7-5-6-8-21(17)24)12-18(23(27)28)13-20-11-10-16(2)29-20/h5-8,10-12,14H,3-4,9,13,15H2,1-2H3,(H,27,28). The van der Waals surface area contributed by atoms with Crippen molar-refractivity contribution in [1.82, 2.24) is 9.55 Å². The zero-order valence-electron chi connectivity index (χ0n) is 16.7. The number of carbonyl (C=O) groups is 1. The van der Waals surface area contributed by atoms with Crippen LogP contribution in [0.2, 0.25) is 5.02 Å². The molecule has 0 unspecified atom stereocenters. The zero-order chi connectivity index (χ0) is 20.8. The van der Waals surface area contributed by atoms with Crippen LogP contribution in [-0.2, 0) is 24.2 Å². The molecule has 0 aliphatic heterocycles. The van der Waals surface area contributed by atoms with Crippen molar-refractivity contribution >= 4 is 23.6 Å². The molecule has 6 heteroatoms. The molecule has 3 aromatic rings. The van der Waals surface area contributed by atoms with E-state index in [-0.39, 0.29) is 12.0 Å². The van der Waals surface area contributed by atoms with Crippen LogP contribution in [0.1, 0.15) is 48.4 Å². The van der Waals surface area contributed by atoms with Gasteiger partial charge in [0.15, 0.2) is 0 Å². The minimum absolute atomic E-state index is 0.213. The van der Waals surface area contributed by atoms with E-state index in [1.54, 1.807) is 18.3 Å². The van der Waals surface area contributed by atoms with Crippen LogP contribution in [0.5, 0.6) is 0 Å². The number of unbranched alkanes of at least 4 members (excludes halogenated alkanes) is 1. The highest BCUT2D eigenvalue weighted by Gasteiger charge is 2.15. The molecule has 5 nitrogen and oxygen atoms in total. The Hall–Kier alpha value is -2.79. The van der Waals surface area contributed by atoms with Crippen LogP contribution in [0.15, 0.2) is 52.6 Å². The summed E-state index contributed by atoms with van der Waals surface area (Å²) in [6, 6.07) is 11.3. The fourth-order valence-corrected chi connectivity index (χ4v) is 3.39. The Morgan fingerprint density at radius 1 is 1.28 bits per heavy atom. The average Bonchev–Trinajstić information content (AvgIpc) is 3.27. The number of nitrogens with zero attached hydrogens (tertiary/aromatic N) is 2. The fourth-order valence-electron chi connectivity index (χ4n) is 3.19. The molecule has 29 heavy (non-hydrogen) atoms. The summed E-state index contributed by atoms with van der Waals surface area (Å²) in [6.45, 7) is 4.51. The predicted molar refractivity (Wildman–Crippen MR) is 114 cm³/mol. The first-order valence-electron chi connectivity index (χ1n) is 9.75. The Morgan fingerprint density at radius 2 is 2.07 bits per heavy atom. The minimum Gasteiger partial charge on any atom is -0.478 e. The molecule has 0 aliphatic rings. The van der Waals surface area contributed by atoms with Crippen molar-refractivity contribution in [3.05, 3.63) is 81.8 Å². The first kappa shape index (κ1) is 20.9. The summed E-state index contributed by atoms with van der Waals surface area (Å²) >= 11 is 6.36. The molecule has 0 aliphatic carbocycles. The highest BCUT2D eigenvalue weighted by atomic mass is 35.5. The number of hydrogen-bond acceptors (Lipinski definition) is 3. The van der Waals surface area contributed by atoms with Crippen LogP contribution in [0.4, 0.5) is 0 Å². The number of carboxylic acid groups (broad SMARTS) is 1. The molecular formula is C23H25ClN2O3. The lowest BCUT2D eigenvalue weighted by Crippen LogP contribution is -2.09. The van der Waals surface area contributed by atoms with Gasteiger partial charge in [0.1, 0.15) is 17.3 Å². The maximum atomic E-state index is 11.9. The Labute approximate surface area is 175 Å². The van der Waals surface area contributed by atoms with Crippen LogP contribution in [0.25, 0.3) is 6.08 Å². The second kappa shape index (κ2) is 9.61. The smallest absolute Gasteiger partial charge is 0.332 e. The maximum absolute atomic E-state index is 11.9. The first-order valence-corrected chi connectivity index (χ1v) is 10.1. The van der Waals surface area contributed by atoms with E-state index in [9.17, 15) is 9.90 Å². The molecule has 0 saturated carbocycles. The summed E-state index contributed by atoms with van der Waals surface area (Å²) in [5.74, 6) is 1.34. The van der Waals surface area contributed by atoms with Gasteiger partial charge in [0.25, 0.3) is 0 Å². The minimum atomic E-state index is -0.973. The maximum Gasteiger partial charge on any atom is 0.332 e. The SMILES string of the molecule is CCCCc1ncc(C=C(Cc2ccc(C)o2)C(=O)O)n1Cc1ccccc1Cl. The first-order chi connectivity index (χ1) is 14.0. The van der Waals surface area contributed by atoms with Crippen molar-refractivity contribution in [2.75, 3.05) is 0 Å². The Balaban J connectivity index is 1.97. The molecule has 0 radical (unpaired) electrons. The third-order valence-electron chi connectivity index (χ3n) is 4.77. The van der Waals surface area contributed by atoms with Crippen molar-refractivity contribution in [1.29, 1.82) is 0 Å². The van der Waals surface area contributed by atoms with Crippen LogP contribution in [-0.4, -0.2) is 20.6 Å². The van der Waals surface area contributed by atoms with Gasteiger partial charge in [-0.15, -0.1) is 0 Å². The van der Waals surface area contributed by atoms with Gasteiger partial charge in [-0.05, 0) is 43.2 Å². The van der Waals surface area contributed by atoms with E-state index in [0.717, 1.165) is 42.1 Å². The van der Waals surface area contributed by atoms with Crippen molar-refractivity contribution in [2.24, 2.45) is 0 Å². The highest BCUT2D eigenvalue weighted by Crippen LogP contribution is 2.21. The largest absolute Gasteiger partial charge is 0.478 e. The van der Waals surface area contributed by atoms with Crippen molar-refractivity contribution < 1.29 is 14.3 Å². The molecule has 0 amide bonds. The topological polar surface area (TPSA) is 68.3 Å². The molecule has 2 aromatic heterocycles. The number of furan rings is 1. The fraction of sp³-hybridized carbons (Fsp3) is 0.304. The lowest BCUT2D eigenvalue weighted by atomic mass is 10.1. The van der Waals surface area contributed by atoms with E-state index in [1.165, 1.54) is 0 Å². The molecule has 2 heterocycles. The second-order valence-electron chi connectivity index (χ2n) is 7.04. The van der Waals surface area contributed by atoms with Gasteiger partial charge in [-0.25, -0.2) is 9.78 Å². The van der Waals surface area contributed by atoms with Gasteiger partial charge in [0, 0.05) is 23.4 Å². The summed E-state index contributed by atoms with van der Waals surface area (Å²) < 4.78 is 7.61. The summed E-state index contributed by atoms with van der Waals surface area (Å²) in [4.78, 5) is 16.4. The van der Waals surface area contributed by atoms with E-state index in [1.807, 2.05) is 41.8 Å². The number of aromatic nitrogens is 2. The second-order valence-corrected chi connectivity index (χ2v) is 7.45. The third kappa shape index (κ3) is 5.39. The Kier molecular flexibility index (Phi) is 6.94. The summed E-state index contributed by atoms with van der Waals surface area (Å²) in [7, 11) is 0. The summed E-state index contributed by atoms with van der Waals surface area (Å²) in [5.41, 5.74) is 1.97. The van der Waals surface area contributed by atoms with E-state index in [0.29, 0.717) is 17.3 Å². The quantitative estimate of drug-likeness (QED) is 0.468. The summed E-state index contributed by atoms with van der Waals surface area (Å²) in [5, 5.41) is 10.4. The monoisotopic (exact) mass is 412 g/mol. The average molecular weight is 413 g/mol. The molecule has 0 bridgehead atoms. The number of halogens is 1. The van der Waals surface area contributed by atoms with Gasteiger partial charge in [-0.1, -0.05) is 43.1 Å². The lowest BCUT2D eigenvalue weighted by molar-refractivity contribution is -0.132. The molecule has 0 spiro atoms. The Morgan fingerprint density at radius 3 is 2.72 bits per heavy atom. The normalized spacial score (nSPS) is 11.8. The van der Waals surface area contributed by atoms with Gasteiger partial charge in [0.2, 0.25) is 0 Å². The van der Waals surface area contributed by atoms with Crippen LogP contribution in [0, 0.1) is 6.92 Å². The molecular weight excluding hydrogens is 388 g/mol. The number of imidazole rings is 1. The molecule has 1 N–H and O–H groups in total. The Bertz CT molecular complexity index is 1020. The van der Waals surface area contributed by atoms with Gasteiger partial charge < -0.3 is 14.1 Å². The van der Waals surface area contributed by atoms with Crippen LogP contribution < -0.4 is 0 Å². The molecule has 3 rings (SSSR count). The lowest BCUT2D eigenvalue weighted by Gasteiger charge is -2.12. The van der Waals surface area contributed by atoms with Gasteiger partial charge in [0.05, 0.1) is 18.4 Å². The van der Waals surface area contributed by atoms with E-state index < -0.39 is 5.97 Å². The predicted octanol–water partition coefficient (Wildman–Crippen LogP) is 5.54. The van der Waals surface area contributed by atoms with Crippen molar-refractivity contribution in [2.45, 2.75) is 46.1 Å². The third-order valence-corrected chi connectivity index (χ3v) is 5.14. The van der Waals surface area contributed by atoms with Gasteiger partial charge >= 0.3 is 5.97 Å². The van der Waals surface area contributed by atoms with Crippen LogP contribution >= 0.6 is 11.6 Å². The molecule has 152 valence electrons. The number of hydrogen-bond donors (Lipinski definition) is 1. The highest BCUT2D eigenvalue weighted by molar-refractivity contribution is 6.31. The summed E-state index contributed by atoms with van der Waals surface area (Å²) in [6.07, 6.45) is 6.53. The van der Waals surface area contributed by atoms with Crippen molar-refractivity contribution in [3.63, 3.8) is 0 Å². The van der Waals surface area contributed by atoms with E-state index >= 15 is 0 Å². The molecule has 0 saturated heterocycles. The van der Waals surface area contributed by atoms with Crippen LogP contribution in [0.3, 0.4) is 0 Å². The van der Waals surface area contributed by atoms with Crippen molar-refractivity contribution in [3.8, 4) is 0 Å². The number of aryl methyl sites for hydroxylation is 2. The van der Waals surface area contributed by atoms with E-state index in [4.69, 9.17) is 16.0 Å². The number of aliphatic carboxylic acids is 1. The number of rotatable bonds is 9. The molecule has 1 aromatic carbocycles. The molecule has 0 atom stereocenters. The number of carboxylic acids is 1. The number of benzene rings is 1. The molecule has 0 fully saturated rings. The zero-order valence-corrected chi connectivity index (χ0v) is 17.4. The van der Waals surface area contributed by atoms with E-state index in [2.05, 4.69) is 11.9 Å².